The van der Waals surface area contributed by atoms with Crippen LogP contribution in [0, 0.1) is 0 Å². The van der Waals surface area contributed by atoms with Crippen LogP contribution < -0.4 is 0 Å². The summed E-state index contributed by atoms with van der Waals surface area (Å²) in [6.45, 7) is 0. The third kappa shape index (κ3) is 2.77. The average molecular weight is 461 g/mol. The first-order valence-corrected chi connectivity index (χ1v) is 12.1. The van der Waals surface area contributed by atoms with Crippen LogP contribution in [-0.4, -0.2) is 9.38 Å². The summed E-state index contributed by atoms with van der Waals surface area (Å²) in [5.41, 5.74) is 8.63. The van der Waals surface area contributed by atoms with Gasteiger partial charge in [-0.1, -0.05) is 84.9 Å². The molecule has 0 bridgehead atoms. The Bertz CT molecular complexity index is 2060. The fourth-order valence-corrected chi connectivity index (χ4v) is 5.44. The first-order valence-electron chi connectivity index (χ1n) is 12.1. The summed E-state index contributed by atoms with van der Waals surface area (Å²) in [6.07, 6.45) is 0. The lowest BCUT2D eigenvalue weighted by atomic mass is 9.98. The first-order chi connectivity index (χ1) is 17.8. The summed E-state index contributed by atoms with van der Waals surface area (Å²) in [5.74, 6) is 0.888. The Balaban J connectivity index is 1.32. The molecule has 3 aromatic heterocycles. The number of imidazole rings is 1. The highest BCUT2D eigenvalue weighted by molar-refractivity contribution is 6.14. The lowest BCUT2D eigenvalue weighted by Gasteiger charge is -2.11. The second-order valence-electron chi connectivity index (χ2n) is 9.26. The lowest BCUT2D eigenvalue weighted by molar-refractivity contribution is 0.631. The molecule has 168 valence electrons. The summed E-state index contributed by atoms with van der Waals surface area (Å²) >= 11 is 0. The molecule has 0 unspecified atom stereocenters. The predicted molar refractivity (Wildman–Crippen MR) is 148 cm³/mol. The van der Waals surface area contributed by atoms with E-state index in [9.17, 15) is 0 Å². The number of nitrogens with zero attached hydrogens (tertiary/aromatic N) is 2. The van der Waals surface area contributed by atoms with Crippen molar-refractivity contribution in [1.82, 2.24) is 9.38 Å². The molecule has 0 aliphatic carbocycles. The summed E-state index contributed by atoms with van der Waals surface area (Å²) in [7, 11) is 0. The van der Waals surface area contributed by atoms with E-state index in [0.29, 0.717) is 0 Å². The van der Waals surface area contributed by atoms with Crippen molar-refractivity contribution in [3.63, 3.8) is 0 Å². The molecule has 0 N–H and O–H groups in total. The Kier molecular flexibility index (Phi) is 3.94. The zero-order valence-electron chi connectivity index (χ0n) is 19.3. The number of aromatic nitrogens is 2. The van der Waals surface area contributed by atoms with E-state index in [4.69, 9.17) is 9.40 Å². The number of pyridine rings is 1. The third-order valence-corrected chi connectivity index (χ3v) is 7.18. The van der Waals surface area contributed by atoms with E-state index < -0.39 is 0 Å². The van der Waals surface area contributed by atoms with Crippen LogP contribution in [0.25, 0.3) is 71.8 Å². The maximum atomic E-state index is 6.06. The molecule has 0 atom stereocenters. The third-order valence-electron chi connectivity index (χ3n) is 7.18. The second kappa shape index (κ2) is 7.30. The normalized spacial score (nSPS) is 11.9. The van der Waals surface area contributed by atoms with Gasteiger partial charge >= 0.3 is 0 Å². The van der Waals surface area contributed by atoms with E-state index in [0.717, 1.165) is 44.4 Å². The Hall–Kier alpha value is -4.89. The zero-order valence-corrected chi connectivity index (χ0v) is 19.3. The summed E-state index contributed by atoms with van der Waals surface area (Å²) in [5, 5.41) is 4.73. The van der Waals surface area contributed by atoms with Gasteiger partial charge in [0.15, 0.2) is 0 Å². The monoisotopic (exact) mass is 460 g/mol. The van der Waals surface area contributed by atoms with E-state index in [2.05, 4.69) is 101 Å². The van der Waals surface area contributed by atoms with Crippen molar-refractivity contribution in [1.29, 1.82) is 0 Å². The van der Waals surface area contributed by atoms with Gasteiger partial charge in [-0.05, 0) is 52.9 Å². The SMILES string of the molecule is c1ccc2oc(-c3ccc(-c4ccc5c6ccccc6n6c7ccccc7nc6c5c4)cc3)cc2c1. The van der Waals surface area contributed by atoms with Gasteiger partial charge in [0.05, 0.1) is 16.6 Å². The summed E-state index contributed by atoms with van der Waals surface area (Å²) in [6, 6.07) is 42.5. The van der Waals surface area contributed by atoms with Crippen LogP contribution in [0.4, 0.5) is 0 Å². The molecule has 3 nitrogen and oxygen atoms in total. The topological polar surface area (TPSA) is 30.4 Å². The number of hydrogen-bond acceptors (Lipinski definition) is 2. The molecule has 0 radical (unpaired) electrons. The molecule has 3 heteroatoms. The fraction of sp³-hybridized carbons (Fsp3) is 0. The van der Waals surface area contributed by atoms with Gasteiger partial charge in [0.1, 0.15) is 17.0 Å². The van der Waals surface area contributed by atoms with Crippen LogP contribution in [0.15, 0.2) is 126 Å². The molecule has 8 aromatic rings. The molecule has 3 heterocycles. The van der Waals surface area contributed by atoms with Crippen LogP contribution in [0.2, 0.25) is 0 Å². The smallest absolute Gasteiger partial charge is 0.146 e. The lowest BCUT2D eigenvalue weighted by Crippen LogP contribution is -1.91. The van der Waals surface area contributed by atoms with Gasteiger partial charge in [-0.15, -0.1) is 0 Å². The van der Waals surface area contributed by atoms with Gasteiger partial charge in [-0.2, -0.15) is 0 Å². The van der Waals surface area contributed by atoms with E-state index >= 15 is 0 Å². The minimum atomic E-state index is 0.888. The van der Waals surface area contributed by atoms with Crippen LogP contribution in [0.5, 0.6) is 0 Å². The van der Waals surface area contributed by atoms with Crippen molar-refractivity contribution in [3.05, 3.63) is 121 Å². The number of hydrogen-bond donors (Lipinski definition) is 0. The molecular weight excluding hydrogens is 440 g/mol. The Morgan fingerprint density at radius 3 is 2.14 bits per heavy atom. The quantitative estimate of drug-likeness (QED) is 0.241. The Morgan fingerprint density at radius 2 is 1.25 bits per heavy atom. The van der Waals surface area contributed by atoms with Gasteiger partial charge in [0.25, 0.3) is 0 Å². The number of benzene rings is 5. The van der Waals surface area contributed by atoms with Crippen LogP contribution >= 0.6 is 0 Å². The minimum absolute atomic E-state index is 0.888. The molecule has 0 amide bonds. The Labute approximate surface area is 206 Å². The number of fused-ring (bicyclic) bond motifs is 9. The van der Waals surface area contributed by atoms with Crippen LogP contribution in [0.3, 0.4) is 0 Å². The Morgan fingerprint density at radius 1 is 0.528 bits per heavy atom. The molecule has 0 aliphatic heterocycles. The molecular formula is C33H20N2O. The van der Waals surface area contributed by atoms with E-state index in [1.54, 1.807) is 0 Å². The average Bonchev–Trinajstić information content (AvgIpc) is 3.55. The van der Waals surface area contributed by atoms with Crippen molar-refractivity contribution in [2.45, 2.75) is 0 Å². The van der Waals surface area contributed by atoms with Crippen molar-refractivity contribution in [3.8, 4) is 22.5 Å². The maximum absolute atomic E-state index is 6.06. The molecule has 0 spiro atoms. The van der Waals surface area contributed by atoms with E-state index in [1.165, 1.54) is 27.4 Å². The van der Waals surface area contributed by atoms with Crippen molar-refractivity contribution >= 4 is 49.3 Å². The van der Waals surface area contributed by atoms with Gasteiger partial charge in [0, 0.05) is 21.7 Å². The molecule has 8 rings (SSSR count). The highest BCUT2D eigenvalue weighted by Gasteiger charge is 2.14. The van der Waals surface area contributed by atoms with Gasteiger partial charge < -0.3 is 4.42 Å². The van der Waals surface area contributed by atoms with Crippen LogP contribution in [-0.2, 0) is 0 Å². The molecule has 5 aromatic carbocycles. The molecule has 0 fully saturated rings. The van der Waals surface area contributed by atoms with E-state index in [-0.39, 0.29) is 0 Å². The minimum Gasteiger partial charge on any atom is -0.456 e. The zero-order chi connectivity index (χ0) is 23.6. The van der Waals surface area contributed by atoms with Crippen LogP contribution in [0.1, 0.15) is 0 Å². The standard InChI is InChI=1S/C33H20N2O/c1-6-12-31-24(7-1)20-32(36-31)22-15-13-21(14-16-22)23-17-18-25-26-8-2-4-10-29(26)35-30-11-5-3-9-28(30)34-33(35)27(25)19-23/h1-20H. The van der Waals surface area contributed by atoms with Crippen molar-refractivity contribution in [2.75, 3.05) is 0 Å². The number of para-hydroxylation sites is 4. The van der Waals surface area contributed by atoms with Gasteiger partial charge in [-0.3, -0.25) is 4.40 Å². The molecule has 0 saturated carbocycles. The molecule has 36 heavy (non-hydrogen) atoms. The molecule has 0 aliphatic rings. The van der Waals surface area contributed by atoms with Crippen molar-refractivity contribution in [2.24, 2.45) is 0 Å². The number of rotatable bonds is 2. The molecule has 0 saturated heterocycles. The van der Waals surface area contributed by atoms with Crippen molar-refractivity contribution < 1.29 is 4.42 Å². The van der Waals surface area contributed by atoms with Gasteiger partial charge in [-0.25, -0.2) is 4.98 Å². The summed E-state index contributed by atoms with van der Waals surface area (Å²) < 4.78 is 8.36. The maximum Gasteiger partial charge on any atom is 0.146 e. The number of furan rings is 1. The van der Waals surface area contributed by atoms with Gasteiger partial charge in [0.2, 0.25) is 0 Å². The largest absolute Gasteiger partial charge is 0.456 e. The second-order valence-corrected chi connectivity index (χ2v) is 9.26. The highest BCUT2D eigenvalue weighted by atomic mass is 16.3. The van der Waals surface area contributed by atoms with E-state index in [1.807, 2.05) is 24.3 Å². The predicted octanol–water partition coefficient (Wildman–Crippen LogP) is 8.87. The fourth-order valence-electron chi connectivity index (χ4n) is 5.44. The summed E-state index contributed by atoms with van der Waals surface area (Å²) in [4.78, 5) is 5.05. The highest BCUT2D eigenvalue weighted by Crippen LogP contribution is 2.35. The first kappa shape index (κ1) is 19.4.